The molecule has 3 aromatic carbocycles. The van der Waals surface area contributed by atoms with E-state index in [1.165, 1.54) is 11.3 Å². The number of nitriles is 1. The Hall–Kier alpha value is -5.27. The first-order chi connectivity index (χ1) is 24.5. The smallest absolute Gasteiger partial charge is 0.255 e. The second-order valence-electron chi connectivity index (χ2n) is 15.1. The molecule has 0 radical (unpaired) electrons. The molecule has 4 heterocycles. The first kappa shape index (κ1) is 32.9. The fraction of sp³-hybridized carbons (Fsp3) is 0.390. The van der Waals surface area contributed by atoms with Crippen LogP contribution in [0.15, 0.2) is 48.5 Å². The molecule has 260 valence electrons. The predicted molar refractivity (Wildman–Crippen MR) is 194 cm³/mol. The highest BCUT2D eigenvalue weighted by Gasteiger charge is 2.41. The van der Waals surface area contributed by atoms with E-state index in [1.54, 1.807) is 11.0 Å². The molecule has 0 spiro atoms. The summed E-state index contributed by atoms with van der Waals surface area (Å²) in [4.78, 5) is 61.3. The van der Waals surface area contributed by atoms with Crippen molar-refractivity contribution >= 4 is 40.1 Å². The maximum absolute atomic E-state index is 14.1. The number of ketones is 1. The maximum Gasteiger partial charge on any atom is 0.255 e. The molecule has 1 atom stereocenters. The number of anilines is 1. The number of amides is 3. The van der Waals surface area contributed by atoms with Gasteiger partial charge in [0.25, 0.3) is 5.91 Å². The van der Waals surface area contributed by atoms with Crippen LogP contribution in [0, 0.1) is 11.3 Å². The van der Waals surface area contributed by atoms with Gasteiger partial charge in [0.05, 0.1) is 17.2 Å². The summed E-state index contributed by atoms with van der Waals surface area (Å²) >= 11 is 0. The number of fused-ring (bicyclic) bond motifs is 5. The van der Waals surface area contributed by atoms with E-state index in [2.05, 4.69) is 72.2 Å². The number of hydrogen-bond acceptors (Lipinski definition) is 7. The van der Waals surface area contributed by atoms with Crippen molar-refractivity contribution in [3.63, 3.8) is 0 Å². The van der Waals surface area contributed by atoms with E-state index in [-0.39, 0.29) is 24.0 Å². The molecular weight excluding hydrogens is 640 g/mol. The molecule has 2 saturated heterocycles. The van der Waals surface area contributed by atoms with Gasteiger partial charge in [-0.3, -0.25) is 29.4 Å². The maximum atomic E-state index is 14.1. The third kappa shape index (κ3) is 5.33. The fourth-order valence-electron chi connectivity index (χ4n) is 8.85. The van der Waals surface area contributed by atoms with E-state index in [0.29, 0.717) is 35.7 Å². The number of aromatic amines is 1. The minimum Gasteiger partial charge on any atom is -0.371 e. The molecule has 10 nitrogen and oxygen atoms in total. The van der Waals surface area contributed by atoms with Crippen molar-refractivity contribution in [2.45, 2.75) is 83.5 Å². The van der Waals surface area contributed by atoms with Gasteiger partial charge in [-0.2, -0.15) is 5.26 Å². The summed E-state index contributed by atoms with van der Waals surface area (Å²) in [5, 5.41) is 12.7. The highest BCUT2D eigenvalue weighted by Crippen LogP contribution is 2.46. The Labute approximate surface area is 297 Å². The average Bonchev–Trinajstić information content (AvgIpc) is 3.68. The molecule has 51 heavy (non-hydrogen) atoms. The van der Waals surface area contributed by atoms with Crippen LogP contribution in [0.25, 0.3) is 10.9 Å². The minimum absolute atomic E-state index is 0.0384. The van der Waals surface area contributed by atoms with Crippen LogP contribution < -0.4 is 10.2 Å². The van der Waals surface area contributed by atoms with Crippen molar-refractivity contribution in [3.8, 4) is 6.07 Å². The molecule has 1 aromatic heterocycles. The van der Waals surface area contributed by atoms with Crippen molar-refractivity contribution in [3.05, 3.63) is 98.7 Å². The standard InChI is InChI=1S/C41H42N6O4/c1-5-25-18-30-31(41(2,3)38-36(37(30)49)29-9-6-23(20-42)17-32(29)43-38)19-34(25)46-14-12-27(13-15-46)45(4)21-24-7-8-28-26(16-24)22-47(40(28)51)33-10-11-35(48)44-39(33)50/h6-9,16-19,27,33,43H,5,10-15,21-22H2,1-4H3,(H,44,48,50). The number of aryl methyl sites for hydroxylation is 1. The van der Waals surface area contributed by atoms with Crippen LogP contribution in [0.3, 0.4) is 0 Å². The highest BCUT2D eigenvalue weighted by molar-refractivity contribution is 6.20. The first-order valence-corrected chi connectivity index (χ1v) is 18.0. The van der Waals surface area contributed by atoms with Gasteiger partial charge in [-0.1, -0.05) is 39.0 Å². The van der Waals surface area contributed by atoms with Crippen molar-refractivity contribution in [1.82, 2.24) is 20.1 Å². The van der Waals surface area contributed by atoms with Gasteiger partial charge < -0.3 is 14.8 Å². The zero-order valence-electron chi connectivity index (χ0n) is 29.6. The summed E-state index contributed by atoms with van der Waals surface area (Å²) in [6, 6.07) is 17.9. The molecule has 3 aliphatic heterocycles. The van der Waals surface area contributed by atoms with Gasteiger partial charge in [0.1, 0.15) is 6.04 Å². The van der Waals surface area contributed by atoms with Crippen LogP contribution in [0.2, 0.25) is 0 Å². The van der Waals surface area contributed by atoms with Gasteiger partial charge >= 0.3 is 0 Å². The molecule has 1 unspecified atom stereocenters. The largest absolute Gasteiger partial charge is 0.371 e. The topological polar surface area (TPSA) is 130 Å². The molecule has 4 aliphatic rings. The highest BCUT2D eigenvalue weighted by atomic mass is 16.2. The van der Waals surface area contributed by atoms with E-state index in [4.69, 9.17) is 0 Å². The lowest BCUT2D eigenvalue weighted by atomic mass is 9.70. The van der Waals surface area contributed by atoms with Crippen LogP contribution in [0.5, 0.6) is 0 Å². The molecule has 0 bridgehead atoms. The molecule has 3 amide bonds. The number of imide groups is 1. The summed E-state index contributed by atoms with van der Waals surface area (Å²) in [6.07, 6.45) is 3.42. The Morgan fingerprint density at radius 1 is 0.980 bits per heavy atom. The molecule has 0 saturated carbocycles. The lowest BCUT2D eigenvalue weighted by Gasteiger charge is -2.40. The fourth-order valence-corrected chi connectivity index (χ4v) is 8.85. The Balaban J connectivity index is 0.969. The number of rotatable bonds is 6. The molecule has 10 heteroatoms. The summed E-state index contributed by atoms with van der Waals surface area (Å²) in [7, 11) is 2.16. The number of hydrogen-bond donors (Lipinski definition) is 2. The van der Waals surface area contributed by atoms with Crippen molar-refractivity contribution in [1.29, 1.82) is 5.26 Å². The number of H-pyrrole nitrogens is 1. The van der Waals surface area contributed by atoms with Crippen LogP contribution in [-0.2, 0) is 34.5 Å². The molecule has 2 N–H and O–H groups in total. The summed E-state index contributed by atoms with van der Waals surface area (Å²) in [5.74, 6) is -0.788. The quantitative estimate of drug-likeness (QED) is 0.263. The van der Waals surface area contributed by atoms with E-state index in [0.717, 1.165) is 77.7 Å². The van der Waals surface area contributed by atoms with Crippen LogP contribution >= 0.6 is 0 Å². The van der Waals surface area contributed by atoms with E-state index >= 15 is 0 Å². The second kappa shape index (κ2) is 12.2. The van der Waals surface area contributed by atoms with E-state index < -0.39 is 17.4 Å². The normalized spacial score (nSPS) is 20.0. The zero-order valence-corrected chi connectivity index (χ0v) is 29.6. The average molecular weight is 683 g/mol. The van der Waals surface area contributed by atoms with Crippen molar-refractivity contribution < 1.29 is 19.2 Å². The number of nitrogens with one attached hydrogen (secondary N) is 2. The Morgan fingerprint density at radius 3 is 2.49 bits per heavy atom. The van der Waals surface area contributed by atoms with Gasteiger partial charge in [0, 0.05) is 77.5 Å². The number of aromatic nitrogens is 1. The monoisotopic (exact) mass is 682 g/mol. The van der Waals surface area contributed by atoms with Gasteiger partial charge in [0.2, 0.25) is 11.8 Å². The third-order valence-corrected chi connectivity index (χ3v) is 11.7. The van der Waals surface area contributed by atoms with Crippen LogP contribution in [-0.4, -0.2) is 70.5 Å². The minimum atomic E-state index is -0.612. The molecule has 4 aromatic rings. The Bertz CT molecular complexity index is 2200. The van der Waals surface area contributed by atoms with Crippen molar-refractivity contribution in [2.75, 3.05) is 25.0 Å². The number of nitrogens with zero attached hydrogens (tertiary/aromatic N) is 4. The van der Waals surface area contributed by atoms with Crippen LogP contribution in [0.4, 0.5) is 5.69 Å². The van der Waals surface area contributed by atoms with E-state index in [1.807, 2.05) is 24.3 Å². The zero-order chi connectivity index (χ0) is 35.8. The first-order valence-electron chi connectivity index (χ1n) is 18.0. The summed E-state index contributed by atoms with van der Waals surface area (Å²) in [5.41, 5.74) is 9.45. The number of piperidine rings is 2. The lowest BCUT2D eigenvalue weighted by Crippen LogP contribution is -2.52. The van der Waals surface area contributed by atoms with Gasteiger partial charge in [0.15, 0.2) is 5.78 Å². The van der Waals surface area contributed by atoms with Crippen LogP contribution in [0.1, 0.15) is 106 Å². The third-order valence-electron chi connectivity index (χ3n) is 11.7. The van der Waals surface area contributed by atoms with Gasteiger partial charge in [-0.05, 0) is 85.3 Å². The lowest BCUT2D eigenvalue weighted by molar-refractivity contribution is -0.136. The molecule has 2 fully saturated rings. The van der Waals surface area contributed by atoms with Crippen molar-refractivity contribution in [2.24, 2.45) is 0 Å². The number of benzene rings is 3. The Kier molecular flexibility index (Phi) is 7.87. The Morgan fingerprint density at radius 2 is 1.76 bits per heavy atom. The molecule has 1 aliphatic carbocycles. The number of carbonyl (C=O) groups is 4. The van der Waals surface area contributed by atoms with Gasteiger partial charge in [-0.25, -0.2) is 0 Å². The SMILES string of the molecule is CCc1cc2c(cc1N1CCC(N(C)Cc3ccc4c(c3)CN(C3CCC(=O)NC3=O)C4=O)CC1)C(C)(C)c1[nH]c3cc(C#N)ccc3c1C2=O. The molecule has 8 rings (SSSR count). The predicted octanol–water partition coefficient (Wildman–Crippen LogP) is 5.33. The van der Waals surface area contributed by atoms with Gasteiger partial charge in [-0.15, -0.1) is 0 Å². The summed E-state index contributed by atoms with van der Waals surface area (Å²) < 4.78 is 0. The number of carbonyl (C=O) groups excluding carboxylic acids is 4. The second-order valence-corrected chi connectivity index (χ2v) is 15.1. The summed E-state index contributed by atoms with van der Waals surface area (Å²) in [6.45, 7) is 9.45. The molecular formula is C41H42N6O4. The van der Waals surface area contributed by atoms with E-state index in [9.17, 15) is 24.4 Å².